The van der Waals surface area contributed by atoms with Gasteiger partial charge >= 0.3 is 0 Å². The highest BCUT2D eigenvalue weighted by molar-refractivity contribution is 4.92. The fourth-order valence-corrected chi connectivity index (χ4v) is 3.27. The lowest BCUT2D eigenvalue weighted by molar-refractivity contribution is 0.105. The maximum atomic E-state index is 9.61. The van der Waals surface area contributed by atoms with Gasteiger partial charge in [0.2, 0.25) is 0 Å². The molecule has 1 heterocycles. The number of rotatable bonds is 9. The van der Waals surface area contributed by atoms with Crippen molar-refractivity contribution >= 4 is 0 Å². The Kier molecular flexibility index (Phi) is 6.48. The van der Waals surface area contributed by atoms with Gasteiger partial charge < -0.3 is 15.3 Å². The number of hydrogen-bond acceptors (Lipinski definition) is 4. The maximum Gasteiger partial charge on any atom is 0.0610 e. The van der Waals surface area contributed by atoms with E-state index in [1.165, 1.54) is 58.4 Å². The number of unbranched alkanes of at least 4 members (excludes halogenated alkanes) is 1. The van der Waals surface area contributed by atoms with E-state index in [2.05, 4.69) is 35.9 Å². The number of hydrogen-bond donors (Lipinski definition) is 2. The molecule has 2 aliphatic rings. The average Bonchev–Trinajstić information content (AvgIpc) is 3.28. The van der Waals surface area contributed by atoms with Gasteiger partial charge in [0.25, 0.3) is 0 Å². The summed E-state index contributed by atoms with van der Waals surface area (Å²) in [5.74, 6) is 0. The Labute approximate surface area is 130 Å². The molecule has 2 rings (SSSR count). The highest BCUT2D eigenvalue weighted by atomic mass is 16.3. The summed E-state index contributed by atoms with van der Waals surface area (Å²) in [5, 5.41) is 13.2. The van der Waals surface area contributed by atoms with Gasteiger partial charge in [0.05, 0.1) is 6.61 Å². The molecule has 124 valence electrons. The summed E-state index contributed by atoms with van der Waals surface area (Å²) < 4.78 is 0. The summed E-state index contributed by atoms with van der Waals surface area (Å²) in [5.41, 5.74) is -0.0580. The lowest BCUT2D eigenvalue weighted by Gasteiger charge is -2.37. The van der Waals surface area contributed by atoms with Crippen molar-refractivity contribution in [1.82, 2.24) is 15.1 Å². The van der Waals surface area contributed by atoms with Gasteiger partial charge in [0.15, 0.2) is 0 Å². The van der Waals surface area contributed by atoms with E-state index in [4.69, 9.17) is 0 Å². The minimum absolute atomic E-state index is 0.0580. The number of nitrogens with one attached hydrogen (secondary N) is 1. The third-order valence-electron chi connectivity index (χ3n) is 5.07. The van der Waals surface area contributed by atoms with Crippen molar-refractivity contribution in [3.63, 3.8) is 0 Å². The Morgan fingerprint density at radius 3 is 2.33 bits per heavy atom. The van der Waals surface area contributed by atoms with Crippen LogP contribution >= 0.6 is 0 Å². The summed E-state index contributed by atoms with van der Waals surface area (Å²) in [4.78, 5) is 5.17. The minimum Gasteiger partial charge on any atom is -0.394 e. The van der Waals surface area contributed by atoms with Gasteiger partial charge in [0.1, 0.15) is 0 Å². The van der Waals surface area contributed by atoms with E-state index < -0.39 is 0 Å². The first-order valence-electron chi connectivity index (χ1n) is 8.87. The first kappa shape index (κ1) is 17.2. The molecular formula is C17H35N3O. The van der Waals surface area contributed by atoms with Crippen LogP contribution in [0.4, 0.5) is 0 Å². The summed E-state index contributed by atoms with van der Waals surface area (Å²) in [6.07, 6.45) is 6.13. The smallest absolute Gasteiger partial charge is 0.0610 e. The molecule has 0 aromatic heterocycles. The van der Waals surface area contributed by atoms with E-state index in [0.29, 0.717) is 12.1 Å². The number of piperazine rings is 1. The second-order valence-corrected chi connectivity index (χ2v) is 7.57. The van der Waals surface area contributed by atoms with Crippen molar-refractivity contribution in [1.29, 1.82) is 0 Å². The molecule has 4 heteroatoms. The molecule has 0 aromatic rings. The van der Waals surface area contributed by atoms with Crippen molar-refractivity contribution in [2.24, 2.45) is 0 Å². The Morgan fingerprint density at radius 2 is 1.81 bits per heavy atom. The molecule has 4 nitrogen and oxygen atoms in total. The summed E-state index contributed by atoms with van der Waals surface area (Å²) in [7, 11) is 0. The number of aliphatic hydroxyl groups is 1. The SMILES string of the molecule is CC(C)N1CCN(CCCCC(C)(CO)NC2CC2)CC1. The van der Waals surface area contributed by atoms with Crippen LogP contribution in [0, 0.1) is 0 Å². The Hall–Kier alpha value is -0.160. The second kappa shape index (κ2) is 7.91. The Morgan fingerprint density at radius 1 is 1.14 bits per heavy atom. The van der Waals surface area contributed by atoms with Gasteiger partial charge in [-0.05, 0) is 53.0 Å². The lowest BCUT2D eigenvalue weighted by Crippen LogP contribution is -2.49. The molecular weight excluding hydrogens is 262 g/mol. The first-order valence-corrected chi connectivity index (χ1v) is 8.87. The molecule has 0 spiro atoms. The van der Waals surface area contributed by atoms with Gasteiger partial charge in [0, 0.05) is 43.8 Å². The number of nitrogens with zero attached hydrogens (tertiary/aromatic N) is 2. The molecule has 2 fully saturated rings. The fourth-order valence-electron chi connectivity index (χ4n) is 3.27. The molecule has 1 saturated carbocycles. The van der Waals surface area contributed by atoms with Crippen molar-refractivity contribution < 1.29 is 5.11 Å². The molecule has 1 aliphatic carbocycles. The van der Waals surface area contributed by atoms with Gasteiger partial charge in [-0.1, -0.05) is 6.42 Å². The van der Waals surface area contributed by atoms with Crippen molar-refractivity contribution in [2.45, 2.75) is 70.5 Å². The van der Waals surface area contributed by atoms with Crippen LogP contribution in [0.5, 0.6) is 0 Å². The minimum atomic E-state index is -0.0580. The van der Waals surface area contributed by atoms with Crippen LogP contribution in [0.2, 0.25) is 0 Å². The van der Waals surface area contributed by atoms with Crippen LogP contribution in [0.3, 0.4) is 0 Å². The van der Waals surface area contributed by atoms with E-state index in [1.54, 1.807) is 0 Å². The van der Waals surface area contributed by atoms with Crippen LogP contribution < -0.4 is 5.32 Å². The summed E-state index contributed by atoms with van der Waals surface area (Å²) in [6, 6.07) is 1.36. The molecule has 1 aliphatic heterocycles. The third kappa shape index (κ3) is 5.85. The van der Waals surface area contributed by atoms with E-state index in [-0.39, 0.29) is 12.1 Å². The molecule has 0 amide bonds. The molecule has 0 bridgehead atoms. The van der Waals surface area contributed by atoms with Gasteiger partial charge in [-0.15, -0.1) is 0 Å². The third-order valence-corrected chi connectivity index (χ3v) is 5.07. The van der Waals surface area contributed by atoms with E-state index >= 15 is 0 Å². The van der Waals surface area contributed by atoms with Crippen LogP contribution in [-0.4, -0.2) is 71.9 Å². The fraction of sp³-hybridized carbons (Fsp3) is 1.00. The molecule has 21 heavy (non-hydrogen) atoms. The van der Waals surface area contributed by atoms with Crippen LogP contribution in [0.25, 0.3) is 0 Å². The predicted molar refractivity (Wildman–Crippen MR) is 88.6 cm³/mol. The van der Waals surface area contributed by atoms with Gasteiger partial charge in [-0.3, -0.25) is 4.90 Å². The van der Waals surface area contributed by atoms with E-state index in [9.17, 15) is 5.11 Å². The predicted octanol–water partition coefficient (Wildman–Crippen LogP) is 1.69. The highest BCUT2D eigenvalue weighted by Gasteiger charge is 2.31. The van der Waals surface area contributed by atoms with Crippen LogP contribution in [0.15, 0.2) is 0 Å². The molecule has 1 saturated heterocycles. The van der Waals surface area contributed by atoms with Crippen LogP contribution in [0.1, 0.15) is 52.9 Å². The van der Waals surface area contributed by atoms with Gasteiger partial charge in [-0.25, -0.2) is 0 Å². The van der Waals surface area contributed by atoms with Crippen molar-refractivity contribution in [3.05, 3.63) is 0 Å². The molecule has 2 N–H and O–H groups in total. The van der Waals surface area contributed by atoms with E-state index in [1.807, 2.05) is 0 Å². The lowest BCUT2D eigenvalue weighted by atomic mass is 9.95. The molecule has 0 aromatic carbocycles. The normalized spacial score (nSPS) is 24.4. The first-order chi connectivity index (χ1) is 10.0. The summed E-state index contributed by atoms with van der Waals surface area (Å²) >= 11 is 0. The highest BCUT2D eigenvalue weighted by Crippen LogP contribution is 2.25. The largest absolute Gasteiger partial charge is 0.394 e. The molecule has 0 radical (unpaired) electrons. The van der Waals surface area contributed by atoms with E-state index in [0.717, 1.165) is 6.42 Å². The average molecular weight is 297 g/mol. The zero-order valence-electron chi connectivity index (χ0n) is 14.3. The zero-order valence-corrected chi connectivity index (χ0v) is 14.3. The van der Waals surface area contributed by atoms with Gasteiger partial charge in [-0.2, -0.15) is 0 Å². The maximum absolute atomic E-state index is 9.61. The Balaban J connectivity index is 1.57. The van der Waals surface area contributed by atoms with Crippen LogP contribution in [-0.2, 0) is 0 Å². The second-order valence-electron chi connectivity index (χ2n) is 7.57. The Bertz CT molecular complexity index is 298. The topological polar surface area (TPSA) is 38.7 Å². The summed E-state index contributed by atoms with van der Waals surface area (Å²) in [6.45, 7) is 13.1. The monoisotopic (exact) mass is 297 g/mol. The molecule has 1 atom stereocenters. The number of aliphatic hydroxyl groups excluding tert-OH is 1. The quantitative estimate of drug-likeness (QED) is 0.635. The standard InChI is InChI=1S/C17H35N3O/c1-15(2)20-12-10-19(11-13-20)9-5-4-8-17(3,14-21)18-16-6-7-16/h15-16,18,21H,4-14H2,1-3H3. The van der Waals surface area contributed by atoms with Crippen molar-refractivity contribution in [2.75, 3.05) is 39.3 Å². The van der Waals surface area contributed by atoms with Crippen molar-refractivity contribution in [3.8, 4) is 0 Å². The molecule has 1 unspecified atom stereocenters. The zero-order chi connectivity index (χ0) is 15.3.